The van der Waals surface area contributed by atoms with Gasteiger partial charge in [-0.15, -0.1) is 0 Å². The number of carbonyl (C=O) groups excluding carboxylic acids is 1. The second kappa shape index (κ2) is 7.74. The molecule has 126 valence electrons. The predicted octanol–water partition coefficient (Wildman–Crippen LogP) is 3.70. The van der Waals surface area contributed by atoms with Crippen LogP contribution in [0.4, 0.5) is 17.2 Å². The van der Waals surface area contributed by atoms with Crippen LogP contribution in [-0.2, 0) is 4.79 Å². The molecule has 1 aromatic heterocycles. The standard InChI is InChI=1S/C16H17ClN4O3/c1-10-3-4-13(12(17)7-10)20-16(22)5-6-18-15-8-11(2)14(9-19-15)21(23)24/h3-4,7-9H,5-6H2,1-2H3,(H,18,19)(H,20,22). The minimum absolute atomic E-state index is 0.0349. The molecule has 1 amide bonds. The molecule has 0 saturated heterocycles. The summed E-state index contributed by atoms with van der Waals surface area (Å²) >= 11 is 6.07. The summed E-state index contributed by atoms with van der Waals surface area (Å²) < 4.78 is 0. The summed E-state index contributed by atoms with van der Waals surface area (Å²) in [6.07, 6.45) is 1.41. The summed E-state index contributed by atoms with van der Waals surface area (Å²) in [4.78, 5) is 26.1. The highest BCUT2D eigenvalue weighted by atomic mass is 35.5. The fraction of sp³-hybridized carbons (Fsp3) is 0.250. The number of aryl methyl sites for hydroxylation is 2. The fourth-order valence-corrected chi connectivity index (χ4v) is 2.36. The molecule has 0 unspecified atom stereocenters. The third kappa shape index (κ3) is 4.66. The topological polar surface area (TPSA) is 97.2 Å². The summed E-state index contributed by atoms with van der Waals surface area (Å²) in [6.45, 7) is 3.90. The quantitative estimate of drug-likeness (QED) is 0.612. The van der Waals surface area contributed by atoms with Crippen LogP contribution in [0.1, 0.15) is 17.5 Å². The number of hydrogen-bond donors (Lipinski definition) is 2. The summed E-state index contributed by atoms with van der Waals surface area (Å²) in [5.74, 6) is 0.297. The lowest BCUT2D eigenvalue weighted by molar-refractivity contribution is -0.385. The number of rotatable bonds is 6. The van der Waals surface area contributed by atoms with E-state index >= 15 is 0 Å². The number of hydrogen-bond acceptors (Lipinski definition) is 5. The van der Waals surface area contributed by atoms with Gasteiger partial charge in [-0.25, -0.2) is 4.98 Å². The first kappa shape index (κ1) is 17.7. The molecular weight excluding hydrogens is 332 g/mol. The molecule has 0 aliphatic carbocycles. The highest BCUT2D eigenvalue weighted by molar-refractivity contribution is 6.33. The molecule has 24 heavy (non-hydrogen) atoms. The van der Waals surface area contributed by atoms with Gasteiger partial charge in [0.25, 0.3) is 5.69 Å². The molecule has 0 atom stereocenters. The van der Waals surface area contributed by atoms with Gasteiger partial charge in [0.2, 0.25) is 5.91 Å². The van der Waals surface area contributed by atoms with E-state index in [0.717, 1.165) is 5.56 Å². The van der Waals surface area contributed by atoms with Gasteiger partial charge in [0.15, 0.2) is 0 Å². The number of halogens is 1. The minimum Gasteiger partial charge on any atom is -0.370 e. The Kier molecular flexibility index (Phi) is 5.70. The molecule has 2 N–H and O–H groups in total. The SMILES string of the molecule is Cc1ccc(NC(=O)CCNc2cc(C)c([N+](=O)[O-])cn2)c(Cl)c1. The van der Waals surface area contributed by atoms with Gasteiger partial charge in [-0.2, -0.15) is 0 Å². The van der Waals surface area contributed by atoms with Crippen LogP contribution in [0.2, 0.25) is 5.02 Å². The van der Waals surface area contributed by atoms with Crippen molar-refractivity contribution in [3.63, 3.8) is 0 Å². The molecule has 0 aliphatic rings. The van der Waals surface area contributed by atoms with Crippen molar-refractivity contribution in [2.75, 3.05) is 17.2 Å². The van der Waals surface area contributed by atoms with E-state index in [1.165, 1.54) is 6.20 Å². The Bertz CT molecular complexity index is 780. The van der Waals surface area contributed by atoms with Crippen molar-refractivity contribution in [2.45, 2.75) is 20.3 Å². The maximum Gasteiger partial charge on any atom is 0.290 e. The van der Waals surface area contributed by atoms with Crippen LogP contribution >= 0.6 is 11.6 Å². The van der Waals surface area contributed by atoms with E-state index in [-0.39, 0.29) is 18.0 Å². The first-order chi connectivity index (χ1) is 11.4. The zero-order chi connectivity index (χ0) is 17.7. The molecular formula is C16H17ClN4O3. The van der Waals surface area contributed by atoms with Gasteiger partial charge in [0, 0.05) is 18.5 Å². The van der Waals surface area contributed by atoms with Gasteiger partial charge in [0.1, 0.15) is 12.0 Å². The number of nitrogens with zero attached hydrogens (tertiary/aromatic N) is 2. The molecule has 1 aromatic carbocycles. The summed E-state index contributed by atoms with van der Waals surface area (Å²) in [5.41, 5.74) is 2.05. The zero-order valence-electron chi connectivity index (χ0n) is 13.3. The lowest BCUT2D eigenvalue weighted by Crippen LogP contribution is -2.17. The second-order valence-electron chi connectivity index (χ2n) is 5.32. The van der Waals surface area contributed by atoms with Crippen LogP contribution in [0.25, 0.3) is 0 Å². The molecule has 0 saturated carbocycles. The van der Waals surface area contributed by atoms with Crippen LogP contribution in [0.5, 0.6) is 0 Å². The number of anilines is 2. The first-order valence-corrected chi connectivity index (χ1v) is 7.65. The first-order valence-electron chi connectivity index (χ1n) is 7.27. The molecule has 0 spiro atoms. The normalized spacial score (nSPS) is 10.3. The van der Waals surface area contributed by atoms with Crippen LogP contribution in [0.3, 0.4) is 0 Å². The maximum absolute atomic E-state index is 11.9. The van der Waals surface area contributed by atoms with Gasteiger partial charge in [0.05, 0.1) is 15.6 Å². The Labute approximate surface area is 144 Å². The predicted molar refractivity (Wildman–Crippen MR) is 93.6 cm³/mol. The molecule has 8 heteroatoms. The number of nitrogens with one attached hydrogen (secondary N) is 2. The lowest BCUT2D eigenvalue weighted by Gasteiger charge is -2.09. The van der Waals surface area contributed by atoms with Crippen molar-refractivity contribution in [3.8, 4) is 0 Å². The molecule has 7 nitrogen and oxygen atoms in total. The highest BCUT2D eigenvalue weighted by Gasteiger charge is 2.11. The van der Waals surface area contributed by atoms with Gasteiger partial charge in [-0.1, -0.05) is 17.7 Å². The smallest absolute Gasteiger partial charge is 0.290 e. The molecule has 2 rings (SSSR count). The Balaban J connectivity index is 1.86. The van der Waals surface area contributed by atoms with Gasteiger partial charge in [-0.05, 0) is 37.6 Å². The Morgan fingerprint density at radius 2 is 2.08 bits per heavy atom. The van der Waals surface area contributed by atoms with E-state index in [0.29, 0.717) is 28.6 Å². The molecule has 0 fully saturated rings. The van der Waals surface area contributed by atoms with E-state index in [2.05, 4.69) is 15.6 Å². The number of pyridine rings is 1. The number of carbonyl (C=O) groups is 1. The van der Waals surface area contributed by atoms with Crippen LogP contribution in [0.15, 0.2) is 30.5 Å². The molecule has 0 bridgehead atoms. The summed E-state index contributed by atoms with van der Waals surface area (Å²) in [6, 6.07) is 6.97. The van der Waals surface area contributed by atoms with Crippen molar-refractivity contribution >= 4 is 34.7 Å². The number of aromatic nitrogens is 1. The molecule has 0 aliphatic heterocycles. The van der Waals surface area contributed by atoms with Crippen molar-refractivity contribution < 1.29 is 9.72 Å². The van der Waals surface area contributed by atoms with Crippen LogP contribution in [-0.4, -0.2) is 22.4 Å². The zero-order valence-corrected chi connectivity index (χ0v) is 14.1. The minimum atomic E-state index is -0.481. The van der Waals surface area contributed by atoms with E-state index in [9.17, 15) is 14.9 Å². The Hall–Kier alpha value is -2.67. The van der Waals surface area contributed by atoms with Gasteiger partial charge in [-0.3, -0.25) is 14.9 Å². The van der Waals surface area contributed by atoms with Crippen molar-refractivity contribution in [1.29, 1.82) is 0 Å². The average molecular weight is 349 g/mol. The van der Waals surface area contributed by atoms with Crippen LogP contribution < -0.4 is 10.6 Å². The maximum atomic E-state index is 11.9. The van der Waals surface area contributed by atoms with E-state index < -0.39 is 4.92 Å². The van der Waals surface area contributed by atoms with Crippen molar-refractivity contribution in [2.24, 2.45) is 0 Å². The van der Waals surface area contributed by atoms with Crippen molar-refractivity contribution in [3.05, 3.63) is 56.7 Å². The van der Waals surface area contributed by atoms with Gasteiger partial charge < -0.3 is 10.6 Å². The molecule has 0 radical (unpaired) electrons. The lowest BCUT2D eigenvalue weighted by atomic mass is 10.2. The third-order valence-corrected chi connectivity index (χ3v) is 3.65. The third-order valence-electron chi connectivity index (χ3n) is 3.34. The highest BCUT2D eigenvalue weighted by Crippen LogP contribution is 2.23. The largest absolute Gasteiger partial charge is 0.370 e. The van der Waals surface area contributed by atoms with E-state index in [1.807, 2.05) is 13.0 Å². The number of nitro groups is 1. The summed E-state index contributed by atoms with van der Waals surface area (Å²) in [7, 11) is 0. The van der Waals surface area contributed by atoms with E-state index in [1.54, 1.807) is 25.1 Å². The monoisotopic (exact) mass is 348 g/mol. The average Bonchev–Trinajstić information content (AvgIpc) is 2.50. The second-order valence-corrected chi connectivity index (χ2v) is 5.73. The summed E-state index contributed by atoms with van der Waals surface area (Å²) in [5, 5.41) is 16.9. The number of benzene rings is 1. The Morgan fingerprint density at radius 1 is 1.33 bits per heavy atom. The molecule has 1 heterocycles. The molecule has 2 aromatic rings. The number of amides is 1. The van der Waals surface area contributed by atoms with Crippen LogP contribution in [0, 0.1) is 24.0 Å². The van der Waals surface area contributed by atoms with Crippen molar-refractivity contribution in [1.82, 2.24) is 4.98 Å². The Morgan fingerprint density at radius 3 is 2.71 bits per heavy atom. The fourth-order valence-electron chi connectivity index (χ4n) is 2.07. The van der Waals surface area contributed by atoms with E-state index in [4.69, 9.17) is 11.6 Å². The van der Waals surface area contributed by atoms with Gasteiger partial charge >= 0.3 is 0 Å².